The quantitative estimate of drug-likeness (QED) is 0.678. The average Bonchev–Trinajstić information content (AvgIpc) is 2.41. The molecule has 1 atom stereocenters. The highest BCUT2D eigenvalue weighted by molar-refractivity contribution is 6.33. The van der Waals surface area contributed by atoms with Crippen molar-refractivity contribution in [1.82, 2.24) is 5.32 Å². The highest BCUT2D eigenvalue weighted by Crippen LogP contribution is 2.35. The van der Waals surface area contributed by atoms with Crippen LogP contribution in [0.4, 0.5) is 5.69 Å². The van der Waals surface area contributed by atoms with Crippen LogP contribution in [0.25, 0.3) is 0 Å². The average molecular weight is 311 g/mol. The number of benzene rings is 1. The van der Waals surface area contributed by atoms with Gasteiger partial charge < -0.3 is 5.32 Å². The van der Waals surface area contributed by atoms with Gasteiger partial charge in [0, 0.05) is 18.2 Å². The van der Waals surface area contributed by atoms with Crippen molar-refractivity contribution in [3.63, 3.8) is 0 Å². The lowest BCUT2D eigenvalue weighted by Crippen LogP contribution is -2.46. The molecule has 0 heterocycles. The SMILES string of the molecule is CC1(C)CCCCC1NC(=O)c1cc([N+](=O)[O-])ccc1Cl. The minimum atomic E-state index is -0.530. The van der Waals surface area contributed by atoms with E-state index < -0.39 is 4.92 Å². The fourth-order valence-corrected chi connectivity index (χ4v) is 3.00. The number of nitro benzene ring substituents is 1. The van der Waals surface area contributed by atoms with E-state index in [9.17, 15) is 14.9 Å². The number of nitrogens with zero attached hydrogens (tertiary/aromatic N) is 1. The van der Waals surface area contributed by atoms with Gasteiger partial charge in [0.2, 0.25) is 0 Å². The molecular formula is C15H19ClN2O3. The molecule has 0 radical (unpaired) electrons. The van der Waals surface area contributed by atoms with Gasteiger partial charge in [0.25, 0.3) is 11.6 Å². The predicted octanol–water partition coefficient (Wildman–Crippen LogP) is 3.95. The topological polar surface area (TPSA) is 72.2 Å². The molecule has 1 aromatic rings. The molecule has 5 nitrogen and oxygen atoms in total. The summed E-state index contributed by atoms with van der Waals surface area (Å²) in [5.74, 6) is -0.344. The Kier molecular flexibility index (Phi) is 4.52. The van der Waals surface area contributed by atoms with Gasteiger partial charge >= 0.3 is 0 Å². The Bertz CT molecular complexity index is 572. The van der Waals surface area contributed by atoms with Crippen LogP contribution in [0.3, 0.4) is 0 Å². The van der Waals surface area contributed by atoms with E-state index in [2.05, 4.69) is 19.2 Å². The summed E-state index contributed by atoms with van der Waals surface area (Å²) in [6.07, 6.45) is 4.22. The maximum atomic E-state index is 12.4. The van der Waals surface area contributed by atoms with Gasteiger partial charge in [0.05, 0.1) is 15.5 Å². The van der Waals surface area contributed by atoms with E-state index >= 15 is 0 Å². The lowest BCUT2D eigenvalue weighted by atomic mass is 9.73. The second-order valence-electron chi connectivity index (χ2n) is 6.18. The van der Waals surface area contributed by atoms with E-state index in [4.69, 9.17) is 11.6 Å². The number of rotatable bonds is 3. The van der Waals surface area contributed by atoms with Crippen LogP contribution in [0.1, 0.15) is 49.9 Å². The first-order valence-electron chi connectivity index (χ1n) is 7.06. The van der Waals surface area contributed by atoms with Gasteiger partial charge in [-0.15, -0.1) is 0 Å². The molecule has 0 spiro atoms. The third-order valence-corrected chi connectivity index (χ3v) is 4.55. The van der Waals surface area contributed by atoms with Crippen molar-refractivity contribution in [1.29, 1.82) is 0 Å². The van der Waals surface area contributed by atoms with Crippen LogP contribution in [-0.2, 0) is 0 Å². The number of carbonyl (C=O) groups excluding carboxylic acids is 1. The molecule has 21 heavy (non-hydrogen) atoms. The highest BCUT2D eigenvalue weighted by atomic mass is 35.5. The Balaban J connectivity index is 2.20. The van der Waals surface area contributed by atoms with Gasteiger partial charge in [-0.2, -0.15) is 0 Å². The number of carbonyl (C=O) groups is 1. The third-order valence-electron chi connectivity index (χ3n) is 4.22. The first-order chi connectivity index (χ1) is 9.81. The highest BCUT2D eigenvalue weighted by Gasteiger charge is 2.33. The molecule has 1 amide bonds. The summed E-state index contributed by atoms with van der Waals surface area (Å²) in [7, 11) is 0. The molecule has 2 rings (SSSR count). The van der Waals surface area contributed by atoms with Gasteiger partial charge in [0.1, 0.15) is 0 Å². The minimum absolute atomic E-state index is 0.0289. The molecule has 0 aliphatic heterocycles. The van der Waals surface area contributed by atoms with Crippen LogP contribution in [0.15, 0.2) is 18.2 Å². The molecule has 1 saturated carbocycles. The van der Waals surface area contributed by atoms with Crippen molar-refractivity contribution >= 4 is 23.2 Å². The molecule has 1 aliphatic carbocycles. The molecule has 0 saturated heterocycles. The Morgan fingerprint density at radius 2 is 2.14 bits per heavy atom. The van der Waals surface area contributed by atoms with Gasteiger partial charge in [-0.05, 0) is 24.3 Å². The summed E-state index contributed by atoms with van der Waals surface area (Å²) in [6.45, 7) is 4.26. The fraction of sp³-hybridized carbons (Fsp3) is 0.533. The van der Waals surface area contributed by atoms with E-state index in [-0.39, 0.29) is 33.6 Å². The van der Waals surface area contributed by atoms with Crippen molar-refractivity contribution in [3.8, 4) is 0 Å². The van der Waals surface area contributed by atoms with Crippen LogP contribution in [0.2, 0.25) is 5.02 Å². The van der Waals surface area contributed by atoms with E-state index in [1.54, 1.807) is 0 Å². The molecule has 0 bridgehead atoms. The van der Waals surface area contributed by atoms with Gasteiger partial charge in [0.15, 0.2) is 0 Å². The summed E-state index contributed by atoms with van der Waals surface area (Å²) >= 11 is 6.00. The lowest BCUT2D eigenvalue weighted by Gasteiger charge is -2.39. The zero-order valence-corrected chi connectivity index (χ0v) is 12.9. The number of nitrogens with one attached hydrogen (secondary N) is 1. The molecule has 6 heteroatoms. The Morgan fingerprint density at radius 1 is 1.43 bits per heavy atom. The summed E-state index contributed by atoms with van der Waals surface area (Å²) < 4.78 is 0. The third kappa shape index (κ3) is 3.53. The van der Waals surface area contributed by atoms with E-state index in [0.29, 0.717) is 0 Å². The Hall–Kier alpha value is -1.62. The van der Waals surface area contributed by atoms with Crippen molar-refractivity contribution in [2.45, 2.75) is 45.6 Å². The molecule has 114 valence electrons. The summed E-state index contributed by atoms with van der Waals surface area (Å²) in [4.78, 5) is 22.7. The van der Waals surface area contributed by atoms with Gasteiger partial charge in [-0.3, -0.25) is 14.9 Å². The van der Waals surface area contributed by atoms with Crippen molar-refractivity contribution in [2.75, 3.05) is 0 Å². The number of non-ortho nitro benzene ring substituents is 1. The van der Waals surface area contributed by atoms with Gasteiger partial charge in [-0.25, -0.2) is 0 Å². The number of halogens is 1. The monoisotopic (exact) mass is 310 g/mol. The first-order valence-corrected chi connectivity index (χ1v) is 7.44. The maximum Gasteiger partial charge on any atom is 0.270 e. The van der Waals surface area contributed by atoms with Crippen LogP contribution in [0.5, 0.6) is 0 Å². The molecule has 1 fully saturated rings. The summed E-state index contributed by atoms with van der Waals surface area (Å²) in [5, 5.41) is 14.0. The minimum Gasteiger partial charge on any atom is -0.349 e. The van der Waals surface area contributed by atoms with Crippen molar-refractivity contribution in [2.24, 2.45) is 5.41 Å². The zero-order valence-electron chi connectivity index (χ0n) is 12.2. The number of hydrogen-bond donors (Lipinski definition) is 1. The van der Waals surface area contributed by atoms with Crippen molar-refractivity contribution < 1.29 is 9.72 Å². The van der Waals surface area contributed by atoms with Crippen LogP contribution >= 0.6 is 11.6 Å². The van der Waals surface area contributed by atoms with E-state index in [1.807, 2.05) is 0 Å². The van der Waals surface area contributed by atoms with Crippen LogP contribution in [-0.4, -0.2) is 16.9 Å². The zero-order chi connectivity index (χ0) is 15.6. The fourth-order valence-electron chi connectivity index (χ4n) is 2.80. The number of nitro groups is 1. The van der Waals surface area contributed by atoms with E-state index in [0.717, 1.165) is 25.7 Å². The van der Waals surface area contributed by atoms with E-state index in [1.165, 1.54) is 18.2 Å². The largest absolute Gasteiger partial charge is 0.349 e. The molecule has 1 aromatic carbocycles. The number of amides is 1. The summed E-state index contributed by atoms with van der Waals surface area (Å²) in [6, 6.07) is 3.98. The maximum absolute atomic E-state index is 12.4. The molecular weight excluding hydrogens is 292 g/mol. The Morgan fingerprint density at radius 3 is 2.76 bits per heavy atom. The normalized spacial score (nSPS) is 20.8. The summed E-state index contributed by atoms with van der Waals surface area (Å²) in [5.41, 5.74) is 0.0564. The Labute approximate surface area is 128 Å². The molecule has 1 N–H and O–H groups in total. The van der Waals surface area contributed by atoms with Crippen LogP contribution < -0.4 is 5.32 Å². The second-order valence-corrected chi connectivity index (χ2v) is 6.59. The smallest absolute Gasteiger partial charge is 0.270 e. The standard InChI is InChI=1S/C15H19ClN2O3/c1-15(2)8-4-3-5-13(15)17-14(19)11-9-10(18(20)21)6-7-12(11)16/h6-7,9,13H,3-5,8H2,1-2H3,(H,17,19). The van der Waals surface area contributed by atoms with Crippen molar-refractivity contribution in [3.05, 3.63) is 38.9 Å². The second kappa shape index (κ2) is 6.02. The van der Waals surface area contributed by atoms with Crippen LogP contribution in [0, 0.1) is 15.5 Å². The number of hydrogen-bond acceptors (Lipinski definition) is 3. The molecule has 0 aromatic heterocycles. The van der Waals surface area contributed by atoms with Gasteiger partial charge in [-0.1, -0.05) is 38.3 Å². The lowest BCUT2D eigenvalue weighted by molar-refractivity contribution is -0.384. The predicted molar refractivity (Wildman–Crippen MR) is 81.6 cm³/mol. The molecule has 1 aliphatic rings. The first kappa shape index (κ1) is 15.8. The molecule has 1 unspecified atom stereocenters.